The molecule has 0 bridgehead atoms. The largest absolute Gasteiger partial charge is 0.481 e. The van der Waals surface area contributed by atoms with Gasteiger partial charge in [0.05, 0.1) is 13.7 Å². The van der Waals surface area contributed by atoms with Gasteiger partial charge in [0.25, 0.3) is 0 Å². The first kappa shape index (κ1) is 11.3. The van der Waals surface area contributed by atoms with E-state index in [0.29, 0.717) is 11.0 Å². The van der Waals surface area contributed by atoms with Crippen LogP contribution in [0.4, 0.5) is 0 Å². The summed E-state index contributed by atoms with van der Waals surface area (Å²) >= 11 is 5.97. The molecule has 0 unspecified atom stereocenters. The number of aliphatic hydroxyl groups is 1. The lowest BCUT2D eigenvalue weighted by molar-refractivity contribution is 0.218. The molecule has 1 aromatic heterocycles. The molecular formula is C10H14ClNO2. The van der Waals surface area contributed by atoms with Crippen molar-refractivity contribution in [2.45, 2.75) is 19.3 Å². The highest BCUT2D eigenvalue weighted by molar-refractivity contribution is 6.30. The standard InChI is InChI=1S/C10H14ClNO2/c1-10(2,6-13)7-4-5-8(14-3)12-9(7)11/h4-5,13H,6H2,1-3H3. The maximum atomic E-state index is 9.18. The molecule has 0 aliphatic rings. The second-order valence-electron chi connectivity index (χ2n) is 3.73. The van der Waals surface area contributed by atoms with Gasteiger partial charge in [-0.15, -0.1) is 0 Å². The first-order valence-corrected chi connectivity index (χ1v) is 4.71. The second-order valence-corrected chi connectivity index (χ2v) is 4.09. The summed E-state index contributed by atoms with van der Waals surface area (Å²) in [6.07, 6.45) is 0. The molecular weight excluding hydrogens is 202 g/mol. The molecule has 1 aromatic rings. The topological polar surface area (TPSA) is 42.4 Å². The Balaban J connectivity index is 3.12. The van der Waals surface area contributed by atoms with Gasteiger partial charge in [0.15, 0.2) is 0 Å². The molecule has 0 atom stereocenters. The normalized spacial score (nSPS) is 11.5. The van der Waals surface area contributed by atoms with Crippen LogP contribution in [-0.4, -0.2) is 23.8 Å². The number of aromatic nitrogens is 1. The van der Waals surface area contributed by atoms with Crippen molar-refractivity contribution < 1.29 is 9.84 Å². The van der Waals surface area contributed by atoms with Crippen LogP contribution in [0.15, 0.2) is 12.1 Å². The van der Waals surface area contributed by atoms with Crippen LogP contribution in [-0.2, 0) is 5.41 Å². The van der Waals surface area contributed by atoms with Gasteiger partial charge in [-0.25, -0.2) is 4.98 Å². The second kappa shape index (κ2) is 4.15. The number of hydrogen-bond donors (Lipinski definition) is 1. The van der Waals surface area contributed by atoms with Crippen molar-refractivity contribution in [1.29, 1.82) is 0 Å². The molecule has 78 valence electrons. The molecule has 0 spiro atoms. The van der Waals surface area contributed by atoms with E-state index in [1.54, 1.807) is 6.07 Å². The van der Waals surface area contributed by atoms with Gasteiger partial charge in [0.1, 0.15) is 5.15 Å². The molecule has 0 aliphatic heterocycles. The van der Waals surface area contributed by atoms with E-state index < -0.39 is 0 Å². The minimum absolute atomic E-state index is 0.0285. The van der Waals surface area contributed by atoms with Crippen molar-refractivity contribution in [2.24, 2.45) is 0 Å². The number of ether oxygens (including phenoxy) is 1. The Morgan fingerprint density at radius 2 is 2.14 bits per heavy atom. The fourth-order valence-corrected chi connectivity index (χ4v) is 1.52. The Kier molecular flexibility index (Phi) is 3.34. The number of rotatable bonds is 3. The van der Waals surface area contributed by atoms with Crippen molar-refractivity contribution in [1.82, 2.24) is 4.98 Å². The van der Waals surface area contributed by atoms with E-state index in [0.717, 1.165) is 5.56 Å². The van der Waals surface area contributed by atoms with E-state index in [9.17, 15) is 5.11 Å². The van der Waals surface area contributed by atoms with E-state index in [1.165, 1.54) is 7.11 Å². The summed E-state index contributed by atoms with van der Waals surface area (Å²) in [5, 5.41) is 9.56. The van der Waals surface area contributed by atoms with Crippen molar-refractivity contribution in [3.8, 4) is 5.88 Å². The van der Waals surface area contributed by atoms with Gasteiger partial charge in [0, 0.05) is 11.5 Å². The van der Waals surface area contributed by atoms with Crippen LogP contribution in [0.3, 0.4) is 0 Å². The zero-order valence-electron chi connectivity index (χ0n) is 8.54. The number of methoxy groups -OCH3 is 1. The highest BCUT2D eigenvalue weighted by atomic mass is 35.5. The lowest BCUT2D eigenvalue weighted by atomic mass is 9.87. The fourth-order valence-electron chi connectivity index (χ4n) is 1.12. The van der Waals surface area contributed by atoms with Gasteiger partial charge in [-0.2, -0.15) is 0 Å². The molecule has 0 radical (unpaired) electrons. The Hall–Kier alpha value is -0.800. The summed E-state index contributed by atoms with van der Waals surface area (Å²) in [6, 6.07) is 3.56. The summed E-state index contributed by atoms with van der Waals surface area (Å²) in [6.45, 7) is 3.84. The fraction of sp³-hybridized carbons (Fsp3) is 0.500. The number of aliphatic hydroxyl groups excluding tert-OH is 1. The molecule has 0 amide bonds. The first-order chi connectivity index (χ1) is 6.51. The number of nitrogens with zero attached hydrogens (tertiary/aromatic N) is 1. The van der Waals surface area contributed by atoms with E-state index >= 15 is 0 Å². The lowest BCUT2D eigenvalue weighted by Crippen LogP contribution is -2.22. The highest BCUT2D eigenvalue weighted by Crippen LogP contribution is 2.29. The van der Waals surface area contributed by atoms with E-state index in [2.05, 4.69) is 4.98 Å². The molecule has 4 heteroatoms. The van der Waals surface area contributed by atoms with Crippen LogP contribution in [0.25, 0.3) is 0 Å². The monoisotopic (exact) mass is 215 g/mol. The van der Waals surface area contributed by atoms with Gasteiger partial charge in [-0.3, -0.25) is 0 Å². The van der Waals surface area contributed by atoms with E-state index in [4.69, 9.17) is 16.3 Å². The van der Waals surface area contributed by atoms with Gasteiger partial charge in [-0.05, 0) is 11.6 Å². The minimum Gasteiger partial charge on any atom is -0.481 e. The first-order valence-electron chi connectivity index (χ1n) is 4.33. The maximum absolute atomic E-state index is 9.18. The lowest BCUT2D eigenvalue weighted by Gasteiger charge is -2.22. The molecule has 0 saturated heterocycles. The molecule has 0 aliphatic carbocycles. The van der Waals surface area contributed by atoms with Gasteiger partial charge < -0.3 is 9.84 Å². The van der Waals surface area contributed by atoms with Gasteiger partial charge in [-0.1, -0.05) is 25.4 Å². The Morgan fingerprint density at radius 1 is 1.50 bits per heavy atom. The molecule has 0 aromatic carbocycles. The van der Waals surface area contributed by atoms with Gasteiger partial charge in [0.2, 0.25) is 5.88 Å². The van der Waals surface area contributed by atoms with Crippen LogP contribution in [0.5, 0.6) is 5.88 Å². The average Bonchev–Trinajstić information content (AvgIpc) is 2.17. The molecule has 1 heterocycles. The third-order valence-corrected chi connectivity index (χ3v) is 2.44. The van der Waals surface area contributed by atoms with E-state index in [1.807, 2.05) is 19.9 Å². The molecule has 1 rings (SSSR count). The van der Waals surface area contributed by atoms with Crippen molar-refractivity contribution in [3.63, 3.8) is 0 Å². The number of pyridine rings is 1. The molecule has 0 saturated carbocycles. The highest BCUT2D eigenvalue weighted by Gasteiger charge is 2.23. The third kappa shape index (κ3) is 2.16. The Morgan fingerprint density at radius 3 is 2.57 bits per heavy atom. The zero-order valence-corrected chi connectivity index (χ0v) is 9.30. The van der Waals surface area contributed by atoms with Crippen LogP contribution >= 0.6 is 11.6 Å². The Labute approximate surface area is 88.7 Å². The van der Waals surface area contributed by atoms with Crippen molar-refractivity contribution in [2.75, 3.05) is 13.7 Å². The summed E-state index contributed by atoms with van der Waals surface area (Å²) in [4.78, 5) is 4.04. The quantitative estimate of drug-likeness (QED) is 0.785. The molecule has 14 heavy (non-hydrogen) atoms. The van der Waals surface area contributed by atoms with Crippen LogP contribution < -0.4 is 4.74 Å². The van der Waals surface area contributed by atoms with Crippen LogP contribution in [0, 0.1) is 0 Å². The summed E-state index contributed by atoms with van der Waals surface area (Å²) < 4.78 is 4.94. The molecule has 3 nitrogen and oxygen atoms in total. The summed E-state index contributed by atoms with van der Waals surface area (Å²) in [5.41, 5.74) is 0.443. The zero-order chi connectivity index (χ0) is 10.8. The SMILES string of the molecule is COc1ccc(C(C)(C)CO)c(Cl)n1. The third-order valence-electron chi connectivity index (χ3n) is 2.16. The summed E-state index contributed by atoms with van der Waals surface area (Å²) in [5.74, 6) is 0.479. The number of hydrogen-bond acceptors (Lipinski definition) is 3. The Bertz CT molecular complexity index is 326. The minimum atomic E-state index is -0.379. The number of halogens is 1. The van der Waals surface area contributed by atoms with Crippen molar-refractivity contribution in [3.05, 3.63) is 22.8 Å². The van der Waals surface area contributed by atoms with Crippen molar-refractivity contribution >= 4 is 11.6 Å². The average molecular weight is 216 g/mol. The predicted molar refractivity (Wildman–Crippen MR) is 55.9 cm³/mol. The smallest absolute Gasteiger partial charge is 0.214 e. The molecule has 1 N–H and O–H groups in total. The predicted octanol–water partition coefficient (Wildman–Crippen LogP) is 2.01. The summed E-state index contributed by atoms with van der Waals surface area (Å²) in [7, 11) is 1.54. The van der Waals surface area contributed by atoms with Crippen LogP contribution in [0.1, 0.15) is 19.4 Å². The van der Waals surface area contributed by atoms with E-state index in [-0.39, 0.29) is 12.0 Å². The maximum Gasteiger partial charge on any atom is 0.214 e. The molecule has 0 fully saturated rings. The van der Waals surface area contributed by atoms with Crippen LogP contribution in [0.2, 0.25) is 5.15 Å². The van der Waals surface area contributed by atoms with Gasteiger partial charge >= 0.3 is 0 Å².